The summed E-state index contributed by atoms with van der Waals surface area (Å²) < 4.78 is 4.97. The van der Waals surface area contributed by atoms with Crippen LogP contribution < -0.4 is 5.32 Å². The lowest BCUT2D eigenvalue weighted by Gasteiger charge is -2.02. The minimum absolute atomic E-state index is 0.0461. The van der Waals surface area contributed by atoms with Crippen LogP contribution in [-0.2, 0) is 0 Å². The number of nitrogens with one attached hydrogen (secondary N) is 1. The van der Waals surface area contributed by atoms with Gasteiger partial charge in [0.1, 0.15) is 6.26 Å². The molecular formula is C9H6Cl2N4O2. The maximum absolute atomic E-state index is 11.8. The number of nitrogens with zero attached hydrogens (tertiary/aromatic N) is 3. The van der Waals surface area contributed by atoms with Gasteiger partial charge in [0.05, 0.1) is 11.3 Å². The molecule has 2 aromatic heterocycles. The number of hydrogen-bond acceptors (Lipinski definition) is 5. The molecular weight excluding hydrogens is 267 g/mol. The van der Waals surface area contributed by atoms with Gasteiger partial charge in [-0.15, -0.1) is 10.2 Å². The van der Waals surface area contributed by atoms with E-state index in [0.29, 0.717) is 5.69 Å². The first-order valence-corrected chi connectivity index (χ1v) is 5.24. The third kappa shape index (κ3) is 2.72. The standard InChI is InChI=1S/C9H6Cl2N4O2/c1-4-3-17-9(12-4)13-8(16)5-2-6(10)14-15-7(5)11/h2-3H,1H3,(H,12,13,16). The summed E-state index contributed by atoms with van der Waals surface area (Å²) in [7, 11) is 0. The average Bonchev–Trinajstić information content (AvgIpc) is 2.67. The molecule has 1 amide bonds. The van der Waals surface area contributed by atoms with Crippen LogP contribution in [0.25, 0.3) is 0 Å². The van der Waals surface area contributed by atoms with Gasteiger partial charge in [-0.1, -0.05) is 23.2 Å². The van der Waals surface area contributed by atoms with Crippen molar-refractivity contribution in [2.45, 2.75) is 6.92 Å². The molecule has 0 aliphatic rings. The molecule has 0 radical (unpaired) electrons. The summed E-state index contributed by atoms with van der Waals surface area (Å²) in [5.41, 5.74) is 0.750. The van der Waals surface area contributed by atoms with Crippen LogP contribution in [-0.4, -0.2) is 21.1 Å². The quantitative estimate of drug-likeness (QED) is 0.908. The molecule has 1 N–H and O–H groups in total. The van der Waals surface area contributed by atoms with Gasteiger partial charge in [0.25, 0.3) is 5.91 Å². The largest absolute Gasteiger partial charge is 0.432 e. The molecule has 0 atom stereocenters. The Morgan fingerprint density at radius 3 is 2.82 bits per heavy atom. The lowest BCUT2D eigenvalue weighted by atomic mass is 10.3. The minimum atomic E-state index is -0.520. The number of carbonyl (C=O) groups is 1. The topological polar surface area (TPSA) is 80.9 Å². The highest BCUT2D eigenvalue weighted by Gasteiger charge is 2.15. The Kier molecular flexibility index (Phi) is 3.26. The van der Waals surface area contributed by atoms with Gasteiger partial charge in [-0.3, -0.25) is 10.1 Å². The van der Waals surface area contributed by atoms with Crippen molar-refractivity contribution in [2.75, 3.05) is 5.32 Å². The maximum atomic E-state index is 11.8. The van der Waals surface area contributed by atoms with Crippen molar-refractivity contribution in [3.8, 4) is 0 Å². The van der Waals surface area contributed by atoms with Crippen LogP contribution in [0.5, 0.6) is 0 Å². The van der Waals surface area contributed by atoms with Crippen molar-refractivity contribution >= 4 is 35.1 Å². The maximum Gasteiger partial charge on any atom is 0.301 e. The lowest BCUT2D eigenvalue weighted by molar-refractivity contribution is 0.102. The fraction of sp³-hybridized carbons (Fsp3) is 0.111. The molecule has 2 rings (SSSR count). The van der Waals surface area contributed by atoms with E-state index in [1.165, 1.54) is 12.3 Å². The zero-order valence-electron chi connectivity index (χ0n) is 8.57. The molecule has 0 aromatic carbocycles. The first kappa shape index (κ1) is 11.8. The molecule has 2 aromatic rings. The fourth-order valence-electron chi connectivity index (χ4n) is 1.09. The van der Waals surface area contributed by atoms with Gasteiger partial charge in [0.15, 0.2) is 10.3 Å². The van der Waals surface area contributed by atoms with Crippen LogP contribution >= 0.6 is 23.2 Å². The molecule has 6 nitrogen and oxygen atoms in total. The molecule has 0 aliphatic heterocycles. The van der Waals surface area contributed by atoms with Crippen LogP contribution in [0.1, 0.15) is 16.1 Å². The van der Waals surface area contributed by atoms with Gasteiger partial charge in [-0.05, 0) is 13.0 Å². The van der Waals surface area contributed by atoms with E-state index in [4.69, 9.17) is 27.6 Å². The van der Waals surface area contributed by atoms with E-state index in [1.54, 1.807) is 6.92 Å². The normalized spacial score (nSPS) is 10.3. The summed E-state index contributed by atoms with van der Waals surface area (Å²) in [6.45, 7) is 1.73. The lowest BCUT2D eigenvalue weighted by Crippen LogP contribution is -2.13. The van der Waals surface area contributed by atoms with E-state index in [9.17, 15) is 4.79 Å². The molecule has 8 heteroatoms. The molecule has 17 heavy (non-hydrogen) atoms. The first-order valence-electron chi connectivity index (χ1n) is 4.48. The monoisotopic (exact) mass is 272 g/mol. The van der Waals surface area contributed by atoms with Crippen LogP contribution in [0.3, 0.4) is 0 Å². The smallest absolute Gasteiger partial charge is 0.301 e. The second-order valence-electron chi connectivity index (χ2n) is 3.12. The van der Waals surface area contributed by atoms with Crippen molar-refractivity contribution < 1.29 is 9.21 Å². The third-order valence-electron chi connectivity index (χ3n) is 1.80. The second-order valence-corrected chi connectivity index (χ2v) is 3.86. The van der Waals surface area contributed by atoms with Crippen molar-refractivity contribution in [1.82, 2.24) is 15.2 Å². The van der Waals surface area contributed by atoms with Gasteiger partial charge in [0.2, 0.25) is 0 Å². The van der Waals surface area contributed by atoms with Crippen LogP contribution in [0.2, 0.25) is 10.3 Å². The summed E-state index contributed by atoms with van der Waals surface area (Å²) in [6, 6.07) is 1.39. The summed E-state index contributed by atoms with van der Waals surface area (Å²) in [6.07, 6.45) is 1.41. The van der Waals surface area contributed by atoms with Crippen LogP contribution in [0.15, 0.2) is 16.7 Å². The van der Waals surface area contributed by atoms with Crippen LogP contribution in [0, 0.1) is 6.92 Å². The SMILES string of the molecule is Cc1coc(NC(=O)c2cc(Cl)nnc2Cl)n1. The Morgan fingerprint density at radius 1 is 1.41 bits per heavy atom. The molecule has 0 saturated heterocycles. The number of anilines is 1. The van der Waals surface area contributed by atoms with Crippen molar-refractivity contribution in [2.24, 2.45) is 0 Å². The Labute approximate surface area is 106 Å². The Morgan fingerprint density at radius 2 is 2.18 bits per heavy atom. The molecule has 0 spiro atoms. The highest BCUT2D eigenvalue weighted by molar-refractivity contribution is 6.34. The van der Waals surface area contributed by atoms with E-state index in [-0.39, 0.29) is 21.9 Å². The zero-order chi connectivity index (χ0) is 12.4. The molecule has 88 valence electrons. The third-order valence-corrected chi connectivity index (χ3v) is 2.27. The molecule has 2 heterocycles. The Hall–Kier alpha value is -1.66. The zero-order valence-corrected chi connectivity index (χ0v) is 10.1. The first-order chi connectivity index (χ1) is 8.06. The number of aryl methyl sites for hydroxylation is 1. The fourth-order valence-corrected chi connectivity index (χ4v) is 1.41. The number of rotatable bonds is 2. The summed E-state index contributed by atoms with van der Waals surface area (Å²) in [4.78, 5) is 15.7. The predicted octanol–water partition coefficient (Wildman–Crippen LogP) is 2.33. The van der Waals surface area contributed by atoms with E-state index in [2.05, 4.69) is 20.5 Å². The number of aromatic nitrogens is 3. The summed E-state index contributed by atoms with van der Waals surface area (Å²) in [5.74, 6) is -0.520. The van der Waals surface area contributed by atoms with Gasteiger partial charge in [-0.25, -0.2) is 0 Å². The Bertz CT molecular complexity index is 570. The van der Waals surface area contributed by atoms with E-state index < -0.39 is 5.91 Å². The molecule has 0 aliphatic carbocycles. The molecule has 0 bridgehead atoms. The van der Waals surface area contributed by atoms with Crippen molar-refractivity contribution in [3.63, 3.8) is 0 Å². The number of amides is 1. The number of oxazole rings is 1. The molecule has 0 fully saturated rings. The average molecular weight is 273 g/mol. The number of halogens is 2. The number of hydrogen-bond donors (Lipinski definition) is 1. The van der Waals surface area contributed by atoms with Gasteiger partial charge in [0, 0.05) is 0 Å². The van der Waals surface area contributed by atoms with Crippen LogP contribution in [0.4, 0.5) is 6.01 Å². The van der Waals surface area contributed by atoms with Gasteiger partial charge in [-0.2, -0.15) is 4.98 Å². The Balaban J connectivity index is 2.22. The summed E-state index contributed by atoms with van der Waals surface area (Å²) in [5, 5.41) is 9.46. The highest BCUT2D eigenvalue weighted by Crippen LogP contribution is 2.17. The van der Waals surface area contributed by atoms with E-state index in [1.807, 2.05) is 0 Å². The van der Waals surface area contributed by atoms with Crippen molar-refractivity contribution in [3.05, 3.63) is 33.9 Å². The van der Waals surface area contributed by atoms with Gasteiger partial charge >= 0.3 is 6.01 Å². The number of carbonyl (C=O) groups excluding carboxylic acids is 1. The minimum Gasteiger partial charge on any atom is -0.432 e. The molecule has 0 unspecified atom stereocenters. The van der Waals surface area contributed by atoms with E-state index in [0.717, 1.165) is 0 Å². The van der Waals surface area contributed by atoms with E-state index >= 15 is 0 Å². The summed E-state index contributed by atoms with van der Waals surface area (Å²) >= 11 is 11.3. The predicted molar refractivity (Wildman–Crippen MR) is 61.2 cm³/mol. The molecule has 0 saturated carbocycles. The second kappa shape index (κ2) is 4.68. The van der Waals surface area contributed by atoms with Crippen molar-refractivity contribution in [1.29, 1.82) is 0 Å². The highest BCUT2D eigenvalue weighted by atomic mass is 35.5. The van der Waals surface area contributed by atoms with Gasteiger partial charge < -0.3 is 4.42 Å².